The Morgan fingerprint density at radius 3 is 2.83 bits per heavy atom. The molecule has 0 saturated heterocycles. The van der Waals surface area contributed by atoms with Crippen molar-refractivity contribution in [2.75, 3.05) is 12.4 Å². The van der Waals surface area contributed by atoms with Crippen molar-refractivity contribution in [3.8, 4) is 11.5 Å². The molecule has 1 aliphatic heterocycles. The van der Waals surface area contributed by atoms with E-state index < -0.39 is 0 Å². The number of phenolic OH excluding ortho intramolecular Hbond substituents is 1. The van der Waals surface area contributed by atoms with Gasteiger partial charge in [-0.1, -0.05) is 42.0 Å². The van der Waals surface area contributed by atoms with Gasteiger partial charge >= 0.3 is 0 Å². The first-order chi connectivity index (χ1) is 11.6. The maximum Gasteiger partial charge on any atom is 0.163 e. The first-order valence-corrected chi connectivity index (χ1v) is 8.57. The van der Waals surface area contributed by atoms with Crippen molar-refractivity contribution in [1.82, 2.24) is 0 Å². The second-order valence-corrected chi connectivity index (χ2v) is 6.92. The molecule has 3 nitrogen and oxygen atoms in total. The third-order valence-electron chi connectivity index (χ3n) is 5.32. The highest BCUT2D eigenvalue weighted by molar-refractivity contribution is 6.31. The fraction of sp³-hybridized carbons (Fsp3) is 0.300. The molecule has 0 fully saturated rings. The summed E-state index contributed by atoms with van der Waals surface area (Å²) in [6.45, 7) is 2.04. The van der Waals surface area contributed by atoms with Gasteiger partial charge in [0, 0.05) is 22.2 Å². The number of benzene rings is 2. The minimum atomic E-state index is 0.0183. The molecule has 3 unspecified atom stereocenters. The van der Waals surface area contributed by atoms with E-state index in [-0.39, 0.29) is 11.8 Å². The number of rotatable bonds is 2. The zero-order valence-electron chi connectivity index (χ0n) is 13.7. The zero-order valence-corrected chi connectivity index (χ0v) is 14.5. The molecule has 3 atom stereocenters. The van der Waals surface area contributed by atoms with E-state index in [2.05, 4.69) is 23.5 Å². The first-order valence-electron chi connectivity index (χ1n) is 8.20. The number of hydrogen-bond donors (Lipinski definition) is 2. The van der Waals surface area contributed by atoms with Crippen LogP contribution in [0.15, 0.2) is 42.5 Å². The maximum atomic E-state index is 10.6. The minimum absolute atomic E-state index is 0.0183. The number of anilines is 1. The quantitative estimate of drug-likeness (QED) is 0.739. The Hall–Kier alpha value is -2.13. The fourth-order valence-corrected chi connectivity index (χ4v) is 4.21. The summed E-state index contributed by atoms with van der Waals surface area (Å²) in [5.74, 6) is 1.43. The van der Waals surface area contributed by atoms with Crippen molar-refractivity contribution in [1.29, 1.82) is 0 Å². The number of hydrogen-bond acceptors (Lipinski definition) is 3. The molecule has 0 spiro atoms. The predicted molar refractivity (Wildman–Crippen MR) is 97.2 cm³/mol. The molecule has 4 heteroatoms. The molecule has 4 rings (SSSR count). The van der Waals surface area contributed by atoms with Crippen molar-refractivity contribution in [3.63, 3.8) is 0 Å². The number of fused-ring (bicyclic) bond motifs is 3. The number of nitrogens with one attached hydrogen (secondary N) is 1. The lowest BCUT2D eigenvalue weighted by Crippen LogP contribution is -2.29. The van der Waals surface area contributed by atoms with Gasteiger partial charge in [-0.15, -0.1) is 0 Å². The number of para-hydroxylation sites is 1. The summed E-state index contributed by atoms with van der Waals surface area (Å²) in [4.78, 5) is 0. The van der Waals surface area contributed by atoms with Crippen molar-refractivity contribution in [2.45, 2.75) is 25.3 Å². The summed E-state index contributed by atoms with van der Waals surface area (Å²) in [7, 11) is 1.58. The summed E-state index contributed by atoms with van der Waals surface area (Å²) >= 11 is 6.33. The molecule has 2 N–H and O–H groups in total. The van der Waals surface area contributed by atoms with Crippen molar-refractivity contribution >= 4 is 17.3 Å². The molecular weight excluding hydrogens is 322 g/mol. The molecule has 1 heterocycles. The fourth-order valence-electron chi connectivity index (χ4n) is 4.05. The van der Waals surface area contributed by atoms with Gasteiger partial charge < -0.3 is 15.2 Å². The lowest BCUT2D eigenvalue weighted by Gasteiger charge is -2.38. The van der Waals surface area contributed by atoms with Crippen LogP contribution in [0, 0.1) is 12.8 Å². The van der Waals surface area contributed by atoms with Crippen molar-refractivity contribution < 1.29 is 9.84 Å². The number of ether oxygens (including phenoxy) is 1. The van der Waals surface area contributed by atoms with Gasteiger partial charge in [0.25, 0.3) is 0 Å². The Morgan fingerprint density at radius 2 is 2.04 bits per heavy atom. The Kier molecular flexibility index (Phi) is 3.69. The Morgan fingerprint density at radius 1 is 1.21 bits per heavy atom. The summed E-state index contributed by atoms with van der Waals surface area (Å²) in [5.41, 5.74) is 4.30. The SMILES string of the molecule is COc1cccc(C2Nc3c(ccc(Cl)c3C)C3C=CCC32)c1O. The van der Waals surface area contributed by atoms with E-state index >= 15 is 0 Å². The standard InChI is InChI=1S/C20H20ClNO2/c1-11-16(21)10-9-14-12-5-3-6-13(12)19(22-18(11)14)15-7-4-8-17(24-2)20(15)23/h3-5,7-10,12-13,19,22-23H,6H2,1-2H3. The van der Waals surface area contributed by atoms with Crippen LogP contribution in [0.25, 0.3) is 0 Å². The topological polar surface area (TPSA) is 41.5 Å². The van der Waals surface area contributed by atoms with Crippen LogP contribution in [-0.4, -0.2) is 12.2 Å². The van der Waals surface area contributed by atoms with Gasteiger partial charge in [-0.3, -0.25) is 0 Å². The van der Waals surface area contributed by atoms with Crippen LogP contribution in [0.3, 0.4) is 0 Å². The van der Waals surface area contributed by atoms with E-state index in [1.165, 1.54) is 5.56 Å². The van der Waals surface area contributed by atoms with E-state index in [1.54, 1.807) is 13.2 Å². The molecule has 2 aromatic carbocycles. The smallest absolute Gasteiger partial charge is 0.163 e. The number of methoxy groups -OCH3 is 1. The summed E-state index contributed by atoms with van der Waals surface area (Å²) in [6, 6.07) is 9.78. The van der Waals surface area contributed by atoms with Gasteiger partial charge in [0.2, 0.25) is 0 Å². The van der Waals surface area contributed by atoms with Gasteiger partial charge in [0.15, 0.2) is 11.5 Å². The Balaban J connectivity index is 1.85. The normalized spacial score (nSPS) is 24.2. The molecule has 24 heavy (non-hydrogen) atoms. The number of phenols is 1. The average Bonchev–Trinajstić information content (AvgIpc) is 3.08. The summed E-state index contributed by atoms with van der Waals surface area (Å²) in [6.07, 6.45) is 5.50. The zero-order chi connectivity index (χ0) is 16.8. The molecular formula is C20H20ClNO2. The van der Waals surface area contributed by atoms with E-state index in [4.69, 9.17) is 16.3 Å². The Bertz CT molecular complexity index is 831. The largest absolute Gasteiger partial charge is 0.504 e. The third kappa shape index (κ3) is 2.19. The van der Waals surface area contributed by atoms with Gasteiger partial charge in [0.1, 0.15) is 0 Å². The average molecular weight is 342 g/mol. The van der Waals surface area contributed by atoms with Crippen LogP contribution in [0.5, 0.6) is 11.5 Å². The van der Waals surface area contributed by atoms with E-state index in [9.17, 15) is 5.11 Å². The van der Waals surface area contributed by atoms with Crippen LogP contribution in [0.4, 0.5) is 5.69 Å². The molecule has 2 aliphatic rings. The molecule has 0 saturated carbocycles. The van der Waals surface area contributed by atoms with Gasteiger partial charge in [-0.05, 0) is 42.5 Å². The highest BCUT2D eigenvalue weighted by Gasteiger charge is 2.39. The third-order valence-corrected chi connectivity index (χ3v) is 5.73. The van der Waals surface area contributed by atoms with Crippen LogP contribution >= 0.6 is 11.6 Å². The lowest BCUT2D eigenvalue weighted by atomic mass is 9.76. The van der Waals surface area contributed by atoms with Crippen molar-refractivity contribution in [3.05, 3.63) is 64.2 Å². The molecule has 0 bridgehead atoms. The van der Waals surface area contributed by atoms with Crippen molar-refractivity contribution in [2.24, 2.45) is 5.92 Å². The van der Waals surface area contributed by atoms with E-state index in [0.29, 0.717) is 17.6 Å². The maximum absolute atomic E-state index is 10.6. The van der Waals surface area contributed by atoms with Crippen LogP contribution in [-0.2, 0) is 0 Å². The highest BCUT2D eigenvalue weighted by Crippen LogP contribution is 2.53. The van der Waals surface area contributed by atoms with Crippen LogP contribution < -0.4 is 10.1 Å². The minimum Gasteiger partial charge on any atom is -0.504 e. The molecule has 2 aromatic rings. The van der Waals surface area contributed by atoms with E-state index in [1.807, 2.05) is 25.1 Å². The second-order valence-electron chi connectivity index (χ2n) is 6.51. The van der Waals surface area contributed by atoms with Crippen LogP contribution in [0.1, 0.15) is 35.1 Å². The van der Waals surface area contributed by atoms with Gasteiger partial charge in [-0.25, -0.2) is 0 Å². The van der Waals surface area contributed by atoms with Gasteiger partial charge in [-0.2, -0.15) is 0 Å². The highest BCUT2D eigenvalue weighted by atomic mass is 35.5. The lowest BCUT2D eigenvalue weighted by molar-refractivity contribution is 0.358. The number of aromatic hydroxyl groups is 1. The molecule has 1 aliphatic carbocycles. The second kappa shape index (κ2) is 5.75. The van der Waals surface area contributed by atoms with E-state index in [0.717, 1.165) is 28.3 Å². The molecule has 124 valence electrons. The molecule has 0 amide bonds. The predicted octanol–water partition coefficient (Wildman–Crippen LogP) is 5.19. The monoisotopic (exact) mass is 341 g/mol. The molecule has 0 aromatic heterocycles. The summed E-state index contributed by atoms with van der Waals surface area (Å²) < 4.78 is 5.29. The number of allylic oxidation sites excluding steroid dienone is 2. The van der Waals surface area contributed by atoms with Gasteiger partial charge in [0.05, 0.1) is 13.2 Å². The van der Waals surface area contributed by atoms with Crippen LogP contribution in [0.2, 0.25) is 5.02 Å². The summed E-state index contributed by atoms with van der Waals surface area (Å²) in [5, 5.41) is 15.0. The Labute approximate surface area is 146 Å². The first kappa shape index (κ1) is 15.4. The number of halogens is 1. The molecule has 0 radical (unpaired) electrons.